The Labute approximate surface area is 157 Å². The van der Waals surface area contributed by atoms with Crippen molar-refractivity contribution in [3.05, 3.63) is 72.3 Å². The molecule has 0 spiro atoms. The third-order valence-electron chi connectivity index (χ3n) is 4.46. The summed E-state index contributed by atoms with van der Waals surface area (Å²) in [6.45, 7) is 2.04. The van der Waals surface area contributed by atoms with Crippen molar-refractivity contribution >= 4 is 22.4 Å². The Morgan fingerprint density at radius 3 is 2.48 bits per heavy atom. The van der Waals surface area contributed by atoms with Gasteiger partial charge in [0.1, 0.15) is 5.82 Å². The van der Waals surface area contributed by atoms with Crippen LogP contribution >= 0.6 is 0 Å². The summed E-state index contributed by atoms with van der Waals surface area (Å²) in [6.07, 6.45) is 0. The Morgan fingerprint density at radius 2 is 1.67 bits per heavy atom. The highest BCUT2D eigenvalue weighted by molar-refractivity contribution is 5.92. The topological polar surface area (TPSA) is 67.3 Å². The van der Waals surface area contributed by atoms with Crippen molar-refractivity contribution in [1.29, 1.82) is 0 Å². The van der Waals surface area contributed by atoms with E-state index in [9.17, 15) is 5.11 Å². The highest BCUT2D eigenvalue weighted by Crippen LogP contribution is 2.37. The van der Waals surface area contributed by atoms with Crippen LogP contribution < -0.4 is 10.1 Å². The fourth-order valence-electron chi connectivity index (χ4n) is 3.00. The molecule has 27 heavy (non-hydrogen) atoms. The molecule has 1 heterocycles. The zero-order chi connectivity index (χ0) is 18.8. The number of para-hydroxylation sites is 3. The summed E-state index contributed by atoms with van der Waals surface area (Å²) < 4.78 is 5.22. The molecule has 5 heteroatoms. The number of hydrogen-bond acceptors (Lipinski definition) is 5. The fourth-order valence-corrected chi connectivity index (χ4v) is 3.00. The summed E-state index contributed by atoms with van der Waals surface area (Å²) in [5, 5.41) is 14.8. The monoisotopic (exact) mass is 357 g/mol. The molecule has 0 aliphatic rings. The van der Waals surface area contributed by atoms with Crippen LogP contribution in [0.5, 0.6) is 11.5 Å². The number of nitrogens with zero attached hydrogens (tertiary/aromatic N) is 2. The summed E-state index contributed by atoms with van der Waals surface area (Å²) in [5.74, 6) is 1.53. The maximum atomic E-state index is 10.5. The average Bonchev–Trinajstić information content (AvgIpc) is 2.70. The third kappa shape index (κ3) is 3.15. The van der Waals surface area contributed by atoms with E-state index in [2.05, 4.69) is 10.3 Å². The number of methoxy groups -OCH3 is 1. The van der Waals surface area contributed by atoms with E-state index < -0.39 is 0 Å². The second kappa shape index (κ2) is 6.96. The van der Waals surface area contributed by atoms with Crippen molar-refractivity contribution in [1.82, 2.24) is 9.97 Å². The van der Waals surface area contributed by atoms with Crippen LogP contribution in [0.4, 0.5) is 11.5 Å². The molecule has 4 aromatic rings. The van der Waals surface area contributed by atoms with Crippen LogP contribution in [0, 0.1) is 6.92 Å². The molecule has 0 bridgehead atoms. The number of hydrogen-bond donors (Lipinski definition) is 2. The van der Waals surface area contributed by atoms with E-state index in [1.807, 2.05) is 55.5 Å². The molecule has 1 aromatic heterocycles. The summed E-state index contributed by atoms with van der Waals surface area (Å²) in [4.78, 5) is 9.35. The molecule has 0 amide bonds. The number of rotatable bonds is 4. The van der Waals surface area contributed by atoms with Gasteiger partial charge in [-0.1, -0.05) is 36.4 Å². The minimum absolute atomic E-state index is 0.0251. The molecule has 0 saturated carbocycles. The van der Waals surface area contributed by atoms with Gasteiger partial charge < -0.3 is 15.2 Å². The van der Waals surface area contributed by atoms with E-state index in [0.717, 1.165) is 22.2 Å². The van der Waals surface area contributed by atoms with Gasteiger partial charge in [-0.2, -0.15) is 0 Å². The van der Waals surface area contributed by atoms with Crippen LogP contribution in [0.3, 0.4) is 0 Å². The van der Waals surface area contributed by atoms with Crippen LogP contribution in [0.1, 0.15) is 5.56 Å². The Bertz CT molecular complexity index is 1130. The number of phenols is 1. The standard InChI is InChI=1S/C22H19N3O2/c1-14-8-3-5-11-17(14)23-21-15-9-4-6-12-18(15)24-22(25-21)16-10-7-13-19(27-2)20(16)26/h3-13,26H,1-2H3,(H,23,24,25). The van der Waals surface area contributed by atoms with Gasteiger partial charge in [-0.15, -0.1) is 0 Å². The largest absolute Gasteiger partial charge is 0.504 e. The van der Waals surface area contributed by atoms with Crippen LogP contribution in [-0.4, -0.2) is 22.2 Å². The fraction of sp³-hybridized carbons (Fsp3) is 0.0909. The summed E-state index contributed by atoms with van der Waals surface area (Å²) in [6, 6.07) is 21.1. The third-order valence-corrected chi connectivity index (χ3v) is 4.46. The molecule has 0 fully saturated rings. The Morgan fingerprint density at radius 1 is 0.889 bits per heavy atom. The Balaban J connectivity index is 1.90. The van der Waals surface area contributed by atoms with Crippen LogP contribution in [0.15, 0.2) is 66.7 Å². The van der Waals surface area contributed by atoms with Crippen molar-refractivity contribution in [2.45, 2.75) is 6.92 Å². The zero-order valence-corrected chi connectivity index (χ0v) is 15.1. The van der Waals surface area contributed by atoms with Gasteiger partial charge in [-0.3, -0.25) is 0 Å². The molecule has 0 radical (unpaired) electrons. The first-order valence-corrected chi connectivity index (χ1v) is 8.63. The van der Waals surface area contributed by atoms with Gasteiger partial charge in [0, 0.05) is 11.1 Å². The van der Waals surface area contributed by atoms with E-state index in [-0.39, 0.29) is 5.75 Å². The lowest BCUT2D eigenvalue weighted by Gasteiger charge is -2.14. The first-order chi connectivity index (χ1) is 13.2. The number of aryl methyl sites for hydroxylation is 1. The lowest BCUT2D eigenvalue weighted by Crippen LogP contribution is -2.00. The minimum atomic E-state index is 0.0251. The molecule has 0 aliphatic carbocycles. The molecule has 2 N–H and O–H groups in total. The quantitative estimate of drug-likeness (QED) is 0.534. The highest BCUT2D eigenvalue weighted by Gasteiger charge is 2.15. The Kier molecular flexibility index (Phi) is 4.34. The van der Waals surface area contributed by atoms with Gasteiger partial charge in [0.25, 0.3) is 0 Å². The first-order valence-electron chi connectivity index (χ1n) is 8.63. The van der Waals surface area contributed by atoms with E-state index in [1.165, 1.54) is 7.11 Å². The van der Waals surface area contributed by atoms with Gasteiger partial charge in [-0.25, -0.2) is 9.97 Å². The van der Waals surface area contributed by atoms with Gasteiger partial charge in [0.2, 0.25) is 0 Å². The summed E-state index contributed by atoms with van der Waals surface area (Å²) >= 11 is 0. The molecular weight excluding hydrogens is 338 g/mol. The molecule has 0 unspecified atom stereocenters. The highest BCUT2D eigenvalue weighted by atomic mass is 16.5. The van der Waals surface area contributed by atoms with Crippen molar-refractivity contribution in [2.75, 3.05) is 12.4 Å². The summed E-state index contributed by atoms with van der Waals surface area (Å²) in [7, 11) is 1.52. The zero-order valence-electron chi connectivity index (χ0n) is 15.1. The predicted octanol–water partition coefficient (Wildman–Crippen LogP) is 5.06. The van der Waals surface area contributed by atoms with Crippen molar-refractivity contribution in [3.8, 4) is 22.9 Å². The van der Waals surface area contributed by atoms with Crippen LogP contribution in [-0.2, 0) is 0 Å². The Hall–Kier alpha value is -3.60. The van der Waals surface area contributed by atoms with Crippen molar-refractivity contribution < 1.29 is 9.84 Å². The number of benzene rings is 3. The van der Waals surface area contributed by atoms with Gasteiger partial charge >= 0.3 is 0 Å². The number of phenolic OH excluding ortho intramolecular Hbond substituents is 1. The van der Waals surface area contributed by atoms with Gasteiger partial charge in [-0.05, 0) is 42.8 Å². The molecule has 0 saturated heterocycles. The average molecular weight is 357 g/mol. The lowest BCUT2D eigenvalue weighted by atomic mass is 10.1. The lowest BCUT2D eigenvalue weighted by molar-refractivity contribution is 0.374. The van der Waals surface area contributed by atoms with Gasteiger partial charge in [0.15, 0.2) is 17.3 Å². The van der Waals surface area contributed by atoms with Crippen molar-refractivity contribution in [2.24, 2.45) is 0 Å². The van der Waals surface area contributed by atoms with Crippen LogP contribution in [0.2, 0.25) is 0 Å². The maximum absolute atomic E-state index is 10.5. The molecule has 134 valence electrons. The minimum Gasteiger partial charge on any atom is -0.504 e. The maximum Gasteiger partial charge on any atom is 0.168 e. The predicted molar refractivity (Wildman–Crippen MR) is 108 cm³/mol. The number of anilines is 2. The number of aromatic hydroxyl groups is 1. The molecular formula is C22H19N3O2. The first kappa shape index (κ1) is 16.8. The normalized spacial score (nSPS) is 10.7. The molecule has 5 nitrogen and oxygen atoms in total. The second-order valence-electron chi connectivity index (χ2n) is 6.21. The van der Waals surface area contributed by atoms with Crippen molar-refractivity contribution in [3.63, 3.8) is 0 Å². The van der Waals surface area contributed by atoms with Gasteiger partial charge in [0.05, 0.1) is 18.2 Å². The SMILES string of the molecule is COc1cccc(-c2nc(Nc3ccccc3C)c3ccccc3n2)c1O. The van der Waals surface area contributed by atoms with E-state index in [4.69, 9.17) is 9.72 Å². The number of nitrogens with one attached hydrogen (secondary N) is 1. The second-order valence-corrected chi connectivity index (χ2v) is 6.21. The van der Waals surface area contributed by atoms with Crippen LogP contribution in [0.25, 0.3) is 22.3 Å². The smallest absolute Gasteiger partial charge is 0.168 e. The molecule has 0 atom stereocenters. The van der Waals surface area contributed by atoms with E-state index in [0.29, 0.717) is 23.0 Å². The molecule has 4 rings (SSSR count). The van der Waals surface area contributed by atoms with E-state index in [1.54, 1.807) is 18.2 Å². The number of aromatic nitrogens is 2. The summed E-state index contributed by atoms with van der Waals surface area (Å²) in [5.41, 5.74) is 3.40. The van der Waals surface area contributed by atoms with E-state index >= 15 is 0 Å². The number of ether oxygens (including phenoxy) is 1. The molecule has 3 aromatic carbocycles. The number of fused-ring (bicyclic) bond motifs is 1. The molecule has 0 aliphatic heterocycles.